The highest BCUT2D eigenvalue weighted by Crippen LogP contribution is 2.12. The first-order valence-corrected chi connectivity index (χ1v) is 9.19. The van der Waals surface area contributed by atoms with Gasteiger partial charge in [0.25, 0.3) is 0 Å². The highest BCUT2D eigenvalue weighted by Gasteiger charge is 2.07. The highest BCUT2D eigenvalue weighted by atomic mass is 16.5. The molecule has 0 spiro atoms. The number of aliphatic hydroxyl groups is 2. The molecule has 0 heterocycles. The number of esters is 1. The molecule has 0 rings (SSSR count). The fourth-order valence-corrected chi connectivity index (χ4v) is 2.47. The van der Waals surface area contributed by atoms with Gasteiger partial charge < -0.3 is 14.9 Å². The van der Waals surface area contributed by atoms with Crippen molar-refractivity contribution in [3.8, 4) is 0 Å². The standard InChI is InChI=1S/C19H36O4/c1-3-4-5-6-9-12-17(20)15-16-18(21)13-10-7-8-11-14-19(22)23-2/h9,12,17-18,20-21H,3-8,10-11,13-16H2,1-2H3. The summed E-state index contributed by atoms with van der Waals surface area (Å²) in [7, 11) is 1.41. The number of rotatable bonds is 15. The minimum absolute atomic E-state index is 0.151. The van der Waals surface area contributed by atoms with Gasteiger partial charge in [-0.3, -0.25) is 4.79 Å². The van der Waals surface area contributed by atoms with Crippen LogP contribution in [0.4, 0.5) is 0 Å². The maximum atomic E-state index is 10.9. The number of ether oxygens (including phenoxy) is 1. The van der Waals surface area contributed by atoms with Gasteiger partial charge in [-0.25, -0.2) is 0 Å². The Hall–Kier alpha value is -0.870. The van der Waals surface area contributed by atoms with Gasteiger partial charge in [0.05, 0.1) is 19.3 Å². The molecule has 0 fully saturated rings. The van der Waals surface area contributed by atoms with Crippen LogP contribution in [0.3, 0.4) is 0 Å². The number of unbranched alkanes of at least 4 members (excludes halogenated alkanes) is 6. The van der Waals surface area contributed by atoms with Gasteiger partial charge in [-0.15, -0.1) is 0 Å². The van der Waals surface area contributed by atoms with Crippen LogP contribution in [0.25, 0.3) is 0 Å². The van der Waals surface area contributed by atoms with Crippen LogP contribution in [0.2, 0.25) is 0 Å². The molecule has 0 radical (unpaired) electrons. The second kappa shape index (κ2) is 16.0. The second-order valence-corrected chi connectivity index (χ2v) is 6.25. The molecular formula is C19H36O4. The average molecular weight is 328 g/mol. The Kier molecular flexibility index (Phi) is 15.4. The summed E-state index contributed by atoms with van der Waals surface area (Å²) >= 11 is 0. The number of carbonyl (C=O) groups is 1. The number of hydrogen-bond acceptors (Lipinski definition) is 4. The van der Waals surface area contributed by atoms with Crippen LogP contribution >= 0.6 is 0 Å². The lowest BCUT2D eigenvalue weighted by Crippen LogP contribution is -2.11. The van der Waals surface area contributed by atoms with E-state index < -0.39 is 6.10 Å². The van der Waals surface area contributed by atoms with E-state index in [1.165, 1.54) is 26.4 Å². The zero-order valence-electron chi connectivity index (χ0n) is 15.0. The summed E-state index contributed by atoms with van der Waals surface area (Å²) in [6.07, 6.45) is 14.1. The third-order valence-corrected chi connectivity index (χ3v) is 4.02. The molecule has 4 heteroatoms. The van der Waals surface area contributed by atoms with Gasteiger partial charge in [-0.05, 0) is 38.5 Å². The number of methoxy groups -OCH3 is 1. The van der Waals surface area contributed by atoms with Crippen molar-refractivity contribution in [2.75, 3.05) is 7.11 Å². The van der Waals surface area contributed by atoms with Crippen LogP contribution in [0, 0.1) is 0 Å². The molecule has 0 aliphatic carbocycles. The molecule has 0 saturated carbocycles. The molecule has 2 N–H and O–H groups in total. The van der Waals surface area contributed by atoms with Crippen molar-refractivity contribution < 1.29 is 19.7 Å². The van der Waals surface area contributed by atoms with Crippen LogP contribution in [0.15, 0.2) is 12.2 Å². The lowest BCUT2D eigenvalue weighted by Gasteiger charge is -2.12. The molecule has 0 bridgehead atoms. The van der Waals surface area contributed by atoms with Crippen molar-refractivity contribution in [2.45, 2.75) is 96.2 Å². The predicted octanol–water partition coefficient (Wildman–Crippen LogP) is 4.14. The average Bonchev–Trinajstić information content (AvgIpc) is 2.55. The second-order valence-electron chi connectivity index (χ2n) is 6.25. The van der Waals surface area contributed by atoms with E-state index in [0.717, 1.165) is 38.5 Å². The SMILES string of the molecule is CCCCCC=CC(O)CCC(O)CCCCCCC(=O)OC. The quantitative estimate of drug-likeness (QED) is 0.269. The largest absolute Gasteiger partial charge is 0.469 e. The topological polar surface area (TPSA) is 66.8 Å². The van der Waals surface area contributed by atoms with E-state index >= 15 is 0 Å². The summed E-state index contributed by atoms with van der Waals surface area (Å²) in [5, 5.41) is 19.7. The van der Waals surface area contributed by atoms with Gasteiger partial charge in [0, 0.05) is 6.42 Å². The van der Waals surface area contributed by atoms with Crippen molar-refractivity contribution in [2.24, 2.45) is 0 Å². The molecule has 0 amide bonds. The molecule has 0 aromatic rings. The fraction of sp³-hybridized carbons (Fsp3) is 0.842. The number of carbonyl (C=O) groups excluding carboxylic acids is 1. The molecule has 0 aromatic carbocycles. The summed E-state index contributed by atoms with van der Waals surface area (Å²) in [4.78, 5) is 10.9. The smallest absolute Gasteiger partial charge is 0.305 e. The lowest BCUT2D eigenvalue weighted by molar-refractivity contribution is -0.140. The minimum atomic E-state index is -0.439. The van der Waals surface area contributed by atoms with E-state index in [1.54, 1.807) is 0 Å². The van der Waals surface area contributed by atoms with Gasteiger partial charge in [0.2, 0.25) is 0 Å². The molecule has 0 aliphatic rings. The van der Waals surface area contributed by atoms with Crippen molar-refractivity contribution in [1.29, 1.82) is 0 Å². The zero-order valence-corrected chi connectivity index (χ0v) is 15.0. The third kappa shape index (κ3) is 15.8. The summed E-state index contributed by atoms with van der Waals surface area (Å²) in [6.45, 7) is 2.18. The van der Waals surface area contributed by atoms with Crippen molar-refractivity contribution in [1.82, 2.24) is 0 Å². The predicted molar refractivity (Wildman–Crippen MR) is 94.2 cm³/mol. The van der Waals surface area contributed by atoms with Crippen LogP contribution in [-0.4, -0.2) is 35.5 Å². The Morgan fingerprint density at radius 1 is 1.00 bits per heavy atom. The summed E-state index contributed by atoms with van der Waals surface area (Å²) in [5.74, 6) is -0.151. The van der Waals surface area contributed by atoms with Gasteiger partial charge in [0.1, 0.15) is 0 Å². The summed E-state index contributed by atoms with van der Waals surface area (Å²) in [6, 6.07) is 0. The van der Waals surface area contributed by atoms with Crippen molar-refractivity contribution in [3.05, 3.63) is 12.2 Å². The third-order valence-electron chi connectivity index (χ3n) is 4.02. The van der Waals surface area contributed by atoms with Crippen molar-refractivity contribution >= 4 is 5.97 Å². The Labute approximate surface area is 141 Å². The molecule has 136 valence electrons. The monoisotopic (exact) mass is 328 g/mol. The number of allylic oxidation sites excluding steroid dienone is 1. The Morgan fingerprint density at radius 2 is 1.74 bits per heavy atom. The Balaban J connectivity index is 3.48. The maximum Gasteiger partial charge on any atom is 0.305 e. The van der Waals surface area contributed by atoms with Gasteiger partial charge in [-0.1, -0.05) is 51.2 Å². The number of aliphatic hydroxyl groups excluding tert-OH is 2. The van der Waals surface area contributed by atoms with Gasteiger partial charge in [-0.2, -0.15) is 0 Å². The lowest BCUT2D eigenvalue weighted by atomic mass is 10.0. The first-order chi connectivity index (χ1) is 11.1. The van der Waals surface area contributed by atoms with Crippen LogP contribution < -0.4 is 0 Å². The molecule has 0 aliphatic heterocycles. The van der Waals surface area contributed by atoms with Crippen LogP contribution in [0.1, 0.15) is 84.0 Å². The minimum Gasteiger partial charge on any atom is -0.469 e. The molecule has 4 nitrogen and oxygen atoms in total. The molecule has 0 saturated heterocycles. The summed E-state index contributed by atoms with van der Waals surface area (Å²) in [5.41, 5.74) is 0. The van der Waals surface area contributed by atoms with Gasteiger partial charge >= 0.3 is 5.97 Å². The molecule has 2 atom stereocenters. The maximum absolute atomic E-state index is 10.9. The number of hydrogen-bond donors (Lipinski definition) is 2. The molecule has 23 heavy (non-hydrogen) atoms. The van der Waals surface area contributed by atoms with E-state index in [-0.39, 0.29) is 12.1 Å². The van der Waals surface area contributed by atoms with E-state index in [4.69, 9.17) is 0 Å². The molecule has 0 aromatic heterocycles. The Morgan fingerprint density at radius 3 is 2.43 bits per heavy atom. The van der Waals surface area contributed by atoms with Crippen LogP contribution in [0.5, 0.6) is 0 Å². The first-order valence-electron chi connectivity index (χ1n) is 9.19. The van der Waals surface area contributed by atoms with E-state index in [0.29, 0.717) is 19.3 Å². The zero-order chi connectivity index (χ0) is 17.3. The van der Waals surface area contributed by atoms with Gasteiger partial charge in [0.15, 0.2) is 0 Å². The van der Waals surface area contributed by atoms with Crippen LogP contribution in [-0.2, 0) is 9.53 Å². The van der Waals surface area contributed by atoms with E-state index in [1.807, 2.05) is 12.2 Å². The normalized spacial score (nSPS) is 14.1. The molecular weight excluding hydrogens is 292 g/mol. The summed E-state index contributed by atoms with van der Waals surface area (Å²) < 4.78 is 4.59. The first kappa shape index (κ1) is 22.1. The van der Waals surface area contributed by atoms with Crippen molar-refractivity contribution in [3.63, 3.8) is 0 Å². The highest BCUT2D eigenvalue weighted by molar-refractivity contribution is 5.68. The fourth-order valence-electron chi connectivity index (χ4n) is 2.47. The molecule has 2 unspecified atom stereocenters. The van der Waals surface area contributed by atoms with E-state index in [2.05, 4.69) is 11.7 Å². The Bertz CT molecular complexity index is 302. The van der Waals surface area contributed by atoms with E-state index in [9.17, 15) is 15.0 Å².